The highest BCUT2D eigenvalue weighted by atomic mass is 32.1. The van der Waals surface area contributed by atoms with E-state index in [9.17, 15) is 0 Å². The number of nitrogens with zero attached hydrogens (tertiary/aromatic N) is 2. The fourth-order valence-corrected chi connectivity index (χ4v) is 2.10. The van der Waals surface area contributed by atoms with Crippen LogP contribution >= 0.6 is 11.3 Å². The summed E-state index contributed by atoms with van der Waals surface area (Å²) in [5, 5.41) is 11.3. The third-order valence-corrected chi connectivity index (χ3v) is 3.18. The van der Waals surface area contributed by atoms with Crippen molar-refractivity contribution in [2.75, 3.05) is 0 Å². The molecule has 2 heterocycles. The lowest BCUT2D eigenvalue weighted by atomic mass is 10.2. The van der Waals surface area contributed by atoms with Crippen LogP contribution in [0.4, 0.5) is 0 Å². The standard InChI is InChI=1S/C10H14N4S/c1-7(9-3-13-14-4-9)11-5-10-6-12-8(2)15-10/h3-4,6-7,11H,5H2,1-2H3,(H,13,14). The molecule has 0 aromatic carbocycles. The van der Waals surface area contributed by atoms with E-state index in [0.29, 0.717) is 6.04 Å². The second kappa shape index (κ2) is 4.55. The Hall–Kier alpha value is -1.20. The molecular formula is C10H14N4S. The van der Waals surface area contributed by atoms with Gasteiger partial charge >= 0.3 is 0 Å². The zero-order valence-corrected chi connectivity index (χ0v) is 9.64. The number of hydrogen-bond donors (Lipinski definition) is 2. The van der Waals surface area contributed by atoms with Crippen molar-refractivity contribution in [1.82, 2.24) is 20.5 Å². The van der Waals surface area contributed by atoms with Crippen molar-refractivity contribution in [1.29, 1.82) is 0 Å². The van der Waals surface area contributed by atoms with Crippen LogP contribution in [0.1, 0.15) is 28.4 Å². The quantitative estimate of drug-likeness (QED) is 0.832. The number of aromatic amines is 1. The number of hydrogen-bond acceptors (Lipinski definition) is 4. The van der Waals surface area contributed by atoms with E-state index in [1.165, 1.54) is 10.4 Å². The molecule has 0 aliphatic heterocycles. The molecule has 2 N–H and O–H groups in total. The van der Waals surface area contributed by atoms with Crippen LogP contribution < -0.4 is 5.32 Å². The highest BCUT2D eigenvalue weighted by Gasteiger charge is 2.06. The number of nitrogens with one attached hydrogen (secondary N) is 2. The molecule has 0 aliphatic carbocycles. The monoisotopic (exact) mass is 222 g/mol. The van der Waals surface area contributed by atoms with Gasteiger partial charge in [-0.3, -0.25) is 5.10 Å². The summed E-state index contributed by atoms with van der Waals surface area (Å²) in [4.78, 5) is 5.48. The lowest BCUT2D eigenvalue weighted by Gasteiger charge is -2.10. The van der Waals surface area contributed by atoms with Crippen molar-refractivity contribution in [3.05, 3.63) is 34.0 Å². The van der Waals surface area contributed by atoms with E-state index < -0.39 is 0 Å². The molecule has 2 aromatic rings. The van der Waals surface area contributed by atoms with E-state index in [-0.39, 0.29) is 0 Å². The smallest absolute Gasteiger partial charge is 0.0897 e. The largest absolute Gasteiger partial charge is 0.305 e. The average molecular weight is 222 g/mol. The third kappa shape index (κ3) is 2.64. The molecule has 0 fully saturated rings. The molecule has 15 heavy (non-hydrogen) atoms. The van der Waals surface area contributed by atoms with Crippen LogP contribution in [0.15, 0.2) is 18.6 Å². The Morgan fingerprint density at radius 3 is 3.00 bits per heavy atom. The summed E-state index contributed by atoms with van der Waals surface area (Å²) in [6, 6.07) is 0.311. The van der Waals surface area contributed by atoms with Gasteiger partial charge in [0.2, 0.25) is 0 Å². The van der Waals surface area contributed by atoms with Gasteiger partial charge in [0.05, 0.1) is 11.2 Å². The Morgan fingerprint density at radius 1 is 1.53 bits per heavy atom. The lowest BCUT2D eigenvalue weighted by molar-refractivity contribution is 0.578. The predicted molar refractivity (Wildman–Crippen MR) is 60.7 cm³/mol. The molecule has 0 bridgehead atoms. The molecule has 2 aromatic heterocycles. The van der Waals surface area contributed by atoms with Gasteiger partial charge in [0.25, 0.3) is 0 Å². The molecule has 4 nitrogen and oxygen atoms in total. The molecule has 2 rings (SSSR count). The van der Waals surface area contributed by atoms with Crippen molar-refractivity contribution in [3.63, 3.8) is 0 Å². The predicted octanol–water partition coefficient (Wildman–Crippen LogP) is 2.03. The van der Waals surface area contributed by atoms with Gasteiger partial charge in [-0.2, -0.15) is 5.10 Å². The third-order valence-electron chi connectivity index (χ3n) is 2.27. The summed E-state index contributed by atoms with van der Waals surface area (Å²) in [6.07, 6.45) is 5.68. The van der Waals surface area contributed by atoms with Crippen molar-refractivity contribution >= 4 is 11.3 Å². The summed E-state index contributed by atoms with van der Waals surface area (Å²) in [7, 11) is 0. The van der Waals surface area contributed by atoms with Crippen molar-refractivity contribution < 1.29 is 0 Å². The molecule has 0 aliphatic rings. The molecule has 80 valence electrons. The second-order valence-electron chi connectivity index (χ2n) is 3.48. The number of thiazole rings is 1. The Morgan fingerprint density at radius 2 is 2.40 bits per heavy atom. The minimum Gasteiger partial charge on any atom is -0.305 e. The highest BCUT2D eigenvalue weighted by molar-refractivity contribution is 7.11. The summed E-state index contributed by atoms with van der Waals surface area (Å²) >= 11 is 1.73. The van der Waals surface area contributed by atoms with Gasteiger partial charge in [-0.05, 0) is 13.8 Å². The van der Waals surface area contributed by atoms with Crippen molar-refractivity contribution in [2.45, 2.75) is 26.4 Å². The Balaban J connectivity index is 1.88. The van der Waals surface area contributed by atoms with Gasteiger partial charge in [0.15, 0.2) is 0 Å². The van der Waals surface area contributed by atoms with E-state index in [1.807, 2.05) is 25.5 Å². The number of aryl methyl sites for hydroxylation is 1. The topological polar surface area (TPSA) is 53.6 Å². The van der Waals surface area contributed by atoms with Crippen LogP contribution in [0.3, 0.4) is 0 Å². The maximum absolute atomic E-state index is 4.22. The van der Waals surface area contributed by atoms with E-state index in [2.05, 4.69) is 27.4 Å². The molecule has 0 saturated carbocycles. The zero-order valence-electron chi connectivity index (χ0n) is 8.82. The van der Waals surface area contributed by atoms with Crippen LogP contribution in [0.25, 0.3) is 0 Å². The Labute approximate surface area is 92.8 Å². The molecule has 5 heteroatoms. The van der Waals surface area contributed by atoms with E-state index in [4.69, 9.17) is 0 Å². The molecule has 1 unspecified atom stereocenters. The van der Waals surface area contributed by atoms with Gasteiger partial charge in [0.1, 0.15) is 0 Å². The summed E-state index contributed by atoms with van der Waals surface area (Å²) < 4.78 is 0. The summed E-state index contributed by atoms with van der Waals surface area (Å²) in [5.41, 5.74) is 1.18. The minimum absolute atomic E-state index is 0.311. The molecule has 0 radical (unpaired) electrons. The number of aromatic nitrogens is 3. The van der Waals surface area contributed by atoms with Crippen molar-refractivity contribution in [3.8, 4) is 0 Å². The van der Waals surface area contributed by atoms with E-state index >= 15 is 0 Å². The molecule has 1 atom stereocenters. The van der Waals surface area contributed by atoms with Crippen LogP contribution in [0, 0.1) is 6.92 Å². The van der Waals surface area contributed by atoms with Crippen LogP contribution in [-0.4, -0.2) is 15.2 Å². The van der Waals surface area contributed by atoms with Gasteiger partial charge < -0.3 is 5.32 Å². The average Bonchev–Trinajstić information content (AvgIpc) is 2.84. The first-order chi connectivity index (χ1) is 7.25. The Bertz CT molecular complexity index is 407. The number of H-pyrrole nitrogens is 1. The van der Waals surface area contributed by atoms with E-state index in [1.54, 1.807) is 11.3 Å². The van der Waals surface area contributed by atoms with Crippen LogP contribution in [0.5, 0.6) is 0 Å². The highest BCUT2D eigenvalue weighted by Crippen LogP contribution is 2.14. The molecular weight excluding hydrogens is 208 g/mol. The fourth-order valence-electron chi connectivity index (χ4n) is 1.36. The molecule has 0 saturated heterocycles. The van der Waals surface area contributed by atoms with Crippen LogP contribution in [0.2, 0.25) is 0 Å². The summed E-state index contributed by atoms with van der Waals surface area (Å²) in [5.74, 6) is 0. The van der Waals surface area contributed by atoms with E-state index in [0.717, 1.165) is 11.6 Å². The maximum atomic E-state index is 4.22. The fraction of sp³-hybridized carbons (Fsp3) is 0.400. The zero-order chi connectivity index (χ0) is 10.7. The first-order valence-corrected chi connectivity index (χ1v) is 5.70. The number of rotatable bonds is 4. The Kier molecular flexibility index (Phi) is 3.13. The van der Waals surface area contributed by atoms with Gasteiger partial charge in [0, 0.05) is 35.4 Å². The van der Waals surface area contributed by atoms with Crippen LogP contribution in [-0.2, 0) is 6.54 Å². The van der Waals surface area contributed by atoms with Gasteiger partial charge in [-0.15, -0.1) is 11.3 Å². The molecule has 0 amide bonds. The lowest BCUT2D eigenvalue weighted by Crippen LogP contribution is -2.16. The second-order valence-corrected chi connectivity index (χ2v) is 4.80. The van der Waals surface area contributed by atoms with Gasteiger partial charge in [-0.1, -0.05) is 0 Å². The van der Waals surface area contributed by atoms with Crippen molar-refractivity contribution in [2.24, 2.45) is 0 Å². The maximum Gasteiger partial charge on any atom is 0.0897 e. The SMILES string of the molecule is Cc1ncc(CNC(C)c2cn[nH]c2)s1. The summed E-state index contributed by atoms with van der Waals surface area (Å²) in [6.45, 7) is 5.00. The molecule has 0 spiro atoms. The first-order valence-electron chi connectivity index (χ1n) is 4.89. The normalized spacial score (nSPS) is 12.9. The first kappa shape index (κ1) is 10.3. The minimum atomic E-state index is 0.311. The van der Waals surface area contributed by atoms with Gasteiger partial charge in [-0.25, -0.2) is 4.98 Å².